The molecule has 0 bridgehead atoms. The summed E-state index contributed by atoms with van der Waals surface area (Å²) in [5.41, 5.74) is 0.818. The average Bonchev–Trinajstić information content (AvgIpc) is 3.25. The molecule has 0 aliphatic carbocycles. The molecule has 2 aromatic carbocycles. The molecule has 0 unspecified atom stereocenters. The summed E-state index contributed by atoms with van der Waals surface area (Å²) in [4.78, 5) is 4.85. The van der Waals surface area contributed by atoms with Crippen molar-refractivity contribution in [2.75, 3.05) is 20.2 Å². The van der Waals surface area contributed by atoms with Gasteiger partial charge in [0.05, 0.1) is 12.0 Å². The second-order valence-corrected chi connectivity index (χ2v) is 8.62. The van der Waals surface area contributed by atoms with Gasteiger partial charge in [0.1, 0.15) is 5.75 Å². The van der Waals surface area contributed by atoms with Gasteiger partial charge in [0.2, 0.25) is 21.7 Å². The first kappa shape index (κ1) is 18.6. The predicted octanol–water partition coefficient (Wildman–Crippen LogP) is 3.31. The lowest BCUT2D eigenvalue weighted by Crippen LogP contribution is -2.37. The molecule has 0 amide bonds. The van der Waals surface area contributed by atoms with E-state index < -0.39 is 10.0 Å². The van der Waals surface area contributed by atoms with Crippen LogP contribution in [0.4, 0.5) is 0 Å². The number of hydrogen-bond acceptors (Lipinski definition) is 6. The Bertz CT molecular complexity index is 1040. The van der Waals surface area contributed by atoms with Crippen LogP contribution in [0.2, 0.25) is 0 Å². The summed E-state index contributed by atoms with van der Waals surface area (Å²) in [5, 5.41) is 4.08. The quantitative estimate of drug-likeness (QED) is 0.654. The minimum absolute atomic E-state index is 0.0501. The zero-order chi connectivity index (χ0) is 19.6. The van der Waals surface area contributed by atoms with Crippen LogP contribution in [-0.2, 0) is 10.0 Å². The van der Waals surface area contributed by atoms with Crippen LogP contribution < -0.4 is 4.74 Å². The van der Waals surface area contributed by atoms with Gasteiger partial charge in [-0.05, 0) is 37.1 Å². The van der Waals surface area contributed by atoms with Gasteiger partial charge in [-0.2, -0.15) is 9.29 Å². The highest BCUT2D eigenvalue weighted by Gasteiger charge is 2.32. The van der Waals surface area contributed by atoms with E-state index in [9.17, 15) is 8.42 Å². The molecule has 0 N–H and O–H groups in total. The Hall–Kier alpha value is -2.71. The van der Waals surface area contributed by atoms with Crippen molar-refractivity contribution in [3.63, 3.8) is 0 Å². The number of ether oxygens (including phenoxy) is 1. The van der Waals surface area contributed by atoms with E-state index in [2.05, 4.69) is 10.1 Å². The Morgan fingerprint density at radius 1 is 1.07 bits per heavy atom. The molecule has 4 rings (SSSR count). The first-order valence-electron chi connectivity index (χ1n) is 9.11. The first-order chi connectivity index (χ1) is 13.6. The van der Waals surface area contributed by atoms with E-state index in [0.29, 0.717) is 42.5 Å². The fraction of sp³-hybridized carbons (Fsp3) is 0.300. The summed E-state index contributed by atoms with van der Waals surface area (Å²) >= 11 is 0. The molecule has 146 valence electrons. The molecular weight excluding hydrogens is 378 g/mol. The van der Waals surface area contributed by atoms with Crippen molar-refractivity contribution >= 4 is 10.0 Å². The third-order valence-electron chi connectivity index (χ3n) is 4.95. The van der Waals surface area contributed by atoms with Crippen molar-refractivity contribution in [3.8, 4) is 17.1 Å². The predicted molar refractivity (Wildman–Crippen MR) is 103 cm³/mol. The lowest BCUT2D eigenvalue weighted by Gasteiger charge is -2.29. The second kappa shape index (κ2) is 7.73. The van der Waals surface area contributed by atoms with Crippen LogP contribution in [-0.4, -0.2) is 43.1 Å². The molecule has 0 spiro atoms. The second-order valence-electron chi connectivity index (χ2n) is 6.68. The average molecular weight is 399 g/mol. The number of piperidine rings is 1. The van der Waals surface area contributed by atoms with Crippen LogP contribution in [0.15, 0.2) is 64.0 Å². The van der Waals surface area contributed by atoms with Crippen LogP contribution in [0.3, 0.4) is 0 Å². The number of methoxy groups -OCH3 is 1. The molecule has 3 aromatic rings. The maximum absolute atomic E-state index is 12.7. The molecule has 1 aromatic heterocycles. The number of hydrogen-bond donors (Lipinski definition) is 0. The third kappa shape index (κ3) is 3.65. The summed E-state index contributed by atoms with van der Waals surface area (Å²) in [7, 11) is -1.85. The summed E-state index contributed by atoms with van der Waals surface area (Å²) in [6.45, 7) is 0.859. The molecule has 28 heavy (non-hydrogen) atoms. The molecule has 1 fully saturated rings. The van der Waals surface area contributed by atoms with Gasteiger partial charge < -0.3 is 9.26 Å². The highest BCUT2D eigenvalue weighted by Crippen LogP contribution is 2.31. The van der Waals surface area contributed by atoms with E-state index in [1.165, 1.54) is 4.31 Å². The van der Waals surface area contributed by atoms with Crippen LogP contribution >= 0.6 is 0 Å². The molecule has 0 atom stereocenters. The first-order valence-corrected chi connectivity index (χ1v) is 10.5. The molecule has 7 nitrogen and oxygen atoms in total. The van der Waals surface area contributed by atoms with Crippen LogP contribution in [0.5, 0.6) is 5.75 Å². The van der Waals surface area contributed by atoms with E-state index in [-0.39, 0.29) is 5.92 Å². The molecule has 2 heterocycles. The van der Waals surface area contributed by atoms with Crippen LogP contribution in [0.1, 0.15) is 24.7 Å². The zero-order valence-corrected chi connectivity index (χ0v) is 16.3. The van der Waals surface area contributed by atoms with Crippen LogP contribution in [0.25, 0.3) is 11.4 Å². The molecular formula is C20H21N3O4S. The highest BCUT2D eigenvalue weighted by molar-refractivity contribution is 7.89. The Morgan fingerprint density at radius 3 is 2.54 bits per heavy atom. The molecule has 8 heteroatoms. The number of sulfonamides is 1. The molecule has 0 radical (unpaired) electrons. The number of benzene rings is 2. The minimum Gasteiger partial charge on any atom is -0.497 e. The van der Waals surface area contributed by atoms with Gasteiger partial charge in [-0.15, -0.1) is 0 Å². The van der Waals surface area contributed by atoms with Crippen molar-refractivity contribution in [3.05, 3.63) is 60.5 Å². The maximum atomic E-state index is 12.7. The molecule has 1 aliphatic heterocycles. The van der Waals surface area contributed by atoms with Crippen molar-refractivity contribution in [2.45, 2.75) is 23.7 Å². The van der Waals surface area contributed by atoms with Gasteiger partial charge in [-0.1, -0.05) is 35.5 Å². The van der Waals surface area contributed by atoms with Crippen LogP contribution in [0, 0.1) is 0 Å². The monoisotopic (exact) mass is 399 g/mol. The lowest BCUT2D eigenvalue weighted by atomic mass is 9.98. The molecule has 1 aliphatic rings. The van der Waals surface area contributed by atoms with E-state index in [4.69, 9.17) is 9.26 Å². The van der Waals surface area contributed by atoms with Gasteiger partial charge in [0.25, 0.3) is 0 Å². The Labute approximate surface area is 164 Å². The van der Waals surface area contributed by atoms with Gasteiger partial charge in [0.15, 0.2) is 0 Å². The van der Waals surface area contributed by atoms with E-state index in [0.717, 1.165) is 11.3 Å². The summed E-state index contributed by atoms with van der Waals surface area (Å²) in [6.07, 6.45) is 1.29. The van der Waals surface area contributed by atoms with E-state index in [1.54, 1.807) is 37.4 Å². The fourth-order valence-corrected chi connectivity index (χ4v) is 4.86. The zero-order valence-electron chi connectivity index (χ0n) is 15.5. The van der Waals surface area contributed by atoms with Gasteiger partial charge in [0, 0.05) is 24.6 Å². The maximum Gasteiger partial charge on any atom is 0.243 e. The lowest BCUT2D eigenvalue weighted by molar-refractivity contribution is 0.271. The minimum atomic E-state index is -3.46. The van der Waals surface area contributed by atoms with Gasteiger partial charge in [-0.3, -0.25) is 0 Å². The Morgan fingerprint density at radius 2 is 1.82 bits per heavy atom. The Balaban J connectivity index is 1.45. The summed E-state index contributed by atoms with van der Waals surface area (Å²) < 4.78 is 37.7. The third-order valence-corrected chi connectivity index (χ3v) is 6.87. The highest BCUT2D eigenvalue weighted by atomic mass is 32.2. The van der Waals surface area contributed by atoms with Crippen molar-refractivity contribution < 1.29 is 17.7 Å². The number of nitrogens with zero attached hydrogens (tertiary/aromatic N) is 3. The molecule has 0 saturated carbocycles. The van der Waals surface area contributed by atoms with Gasteiger partial charge >= 0.3 is 0 Å². The summed E-state index contributed by atoms with van der Waals surface area (Å²) in [6, 6.07) is 16.0. The fourth-order valence-electron chi connectivity index (χ4n) is 3.37. The van der Waals surface area contributed by atoms with E-state index >= 15 is 0 Å². The standard InChI is InChI=1S/C20H21N3O4S/c1-26-17-7-5-6-16(14-17)19-21-20(27-22-19)15-10-12-23(13-11-15)28(24,25)18-8-3-2-4-9-18/h2-9,14-15H,10-13H2,1H3. The smallest absolute Gasteiger partial charge is 0.243 e. The summed E-state index contributed by atoms with van der Waals surface area (Å²) in [5.74, 6) is 1.83. The number of aromatic nitrogens is 2. The van der Waals surface area contributed by atoms with Crippen molar-refractivity contribution in [1.82, 2.24) is 14.4 Å². The van der Waals surface area contributed by atoms with E-state index in [1.807, 2.05) is 24.3 Å². The van der Waals surface area contributed by atoms with Crippen molar-refractivity contribution in [2.24, 2.45) is 0 Å². The van der Waals surface area contributed by atoms with Gasteiger partial charge in [-0.25, -0.2) is 8.42 Å². The Kier molecular flexibility index (Phi) is 5.15. The number of rotatable bonds is 5. The largest absolute Gasteiger partial charge is 0.497 e. The SMILES string of the molecule is COc1cccc(-c2noc(C3CCN(S(=O)(=O)c4ccccc4)CC3)n2)c1. The van der Waals surface area contributed by atoms with Crippen molar-refractivity contribution in [1.29, 1.82) is 0 Å². The topological polar surface area (TPSA) is 85.5 Å². The normalized spacial score (nSPS) is 16.2. The molecule has 1 saturated heterocycles.